The van der Waals surface area contributed by atoms with Crippen molar-refractivity contribution < 1.29 is 0 Å². The summed E-state index contributed by atoms with van der Waals surface area (Å²) in [4.78, 5) is 0. The molecule has 0 N–H and O–H groups in total. The Labute approximate surface area is 102 Å². The molecule has 16 heavy (non-hydrogen) atoms. The zero-order chi connectivity index (χ0) is 12.3. The standard InChI is InChI=1S/C16H28/c1-5-6-7-8-9-10-11-12-13-14-15-16(2,3)4/h7-10,14-15H,5-6,11-13H2,1-4H3. The van der Waals surface area contributed by atoms with Crippen LogP contribution in [0.2, 0.25) is 0 Å². The molecule has 0 aromatic heterocycles. The fraction of sp³-hybridized carbons (Fsp3) is 0.625. The smallest absolute Gasteiger partial charge is 0.0203 e. The van der Waals surface area contributed by atoms with Gasteiger partial charge in [0, 0.05) is 0 Å². The first kappa shape index (κ1) is 15.2. The molecule has 0 saturated heterocycles. The SMILES string of the molecule is CCCC=CC=CCCCC=CC(C)(C)C. The summed E-state index contributed by atoms with van der Waals surface area (Å²) in [6.45, 7) is 8.92. The average molecular weight is 220 g/mol. The lowest BCUT2D eigenvalue weighted by atomic mass is 9.96. The van der Waals surface area contributed by atoms with E-state index >= 15 is 0 Å². The van der Waals surface area contributed by atoms with Crippen LogP contribution in [0.1, 0.15) is 59.8 Å². The Morgan fingerprint density at radius 1 is 0.812 bits per heavy atom. The summed E-state index contributed by atoms with van der Waals surface area (Å²) in [5.41, 5.74) is 0.332. The van der Waals surface area contributed by atoms with E-state index in [9.17, 15) is 0 Å². The fourth-order valence-corrected chi connectivity index (χ4v) is 1.31. The summed E-state index contributed by atoms with van der Waals surface area (Å²) < 4.78 is 0. The Balaban J connectivity index is 3.43. The van der Waals surface area contributed by atoms with Gasteiger partial charge in [0.05, 0.1) is 0 Å². The molecule has 0 aromatic rings. The van der Waals surface area contributed by atoms with Crippen molar-refractivity contribution in [1.82, 2.24) is 0 Å². The third-order valence-corrected chi connectivity index (χ3v) is 2.20. The van der Waals surface area contributed by atoms with Crippen LogP contribution >= 0.6 is 0 Å². The van der Waals surface area contributed by atoms with Gasteiger partial charge in [-0.05, 0) is 31.1 Å². The van der Waals surface area contributed by atoms with Crippen LogP contribution in [-0.4, -0.2) is 0 Å². The van der Waals surface area contributed by atoms with Gasteiger partial charge in [0.15, 0.2) is 0 Å². The van der Waals surface area contributed by atoms with Gasteiger partial charge in [0.25, 0.3) is 0 Å². The number of hydrogen-bond donors (Lipinski definition) is 0. The molecule has 92 valence electrons. The zero-order valence-electron chi connectivity index (χ0n) is 11.5. The topological polar surface area (TPSA) is 0 Å². The molecule has 0 heterocycles. The van der Waals surface area contributed by atoms with Gasteiger partial charge in [-0.25, -0.2) is 0 Å². The maximum absolute atomic E-state index is 2.31. The Hall–Kier alpha value is -0.780. The first-order valence-electron chi connectivity index (χ1n) is 6.55. The first-order chi connectivity index (χ1) is 7.56. The van der Waals surface area contributed by atoms with Gasteiger partial charge < -0.3 is 0 Å². The normalized spacial score (nSPS) is 13.5. The molecule has 0 fully saturated rings. The molecule has 0 bridgehead atoms. The lowest BCUT2D eigenvalue weighted by molar-refractivity contribution is 0.541. The Kier molecular flexibility index (Phi) is 8.99. The van der Waals surface area contributed by atoms with E-state index in [1.807, 2.05) is 0 Å². The summed E-state index contributed by atoms with van der Waals surface area (Å²) in [7, 11) is 0. The molecule has 0 spiro atoms. The van der Waals surface area contributed by atoms with Crippen molar-refractivity contribution in [2.45, 2.75) is 59.8 Å². The number of unbranched alkanes of at least 4 members (excludes halogenated alkanes) is 3. The van der Waals surface area contributed by atoms with Crippen molar-refractivity contribution in [1.29, 1.82) is 0 Å². The van der Waals surface area contributed by atoms with Crippen molar-refractivity contribution >= 4 is 0 Å². The Morgan fingerprint density at radius 3 is 1.94 bits per heavy atom. The largest absolute Gasteiger partial charge is 0.0880 e. The molecular formula is C16H28. The molecule has 0 aliphatic carbocycles. The van der Waals surface area contributed by atoms with Gasteiger partial charge in [0.1, 0.15) is 0 Å². The third kappa shape index (κ3) is 13.2. The summed E-state index contributed by atoms with van der Waals surface area (Å²) >= 11 is 0. The molecule has 0 amide bonds. The van der Waals surface area contributed by atoms with Gasteiger partial charge in [-0.1, -0.05) is 70.6 Å². The number of rotatable bonds is 7. The minimum absolute atomic E-state index is 0.332. The van der Waals surface area contributed by atoms with Crippen LogP contribution in [0.3, 0.4) is 0 Å². The van der Waals surface area contributed by atoms with E-state index < -0.39 is 0 Å². The molecule has 0 rings (SSSR count). The molecule has 0 radical (unpaired) electrons. The van der Waals surface area contributed by atoms with Crippen LogP contribution in [0.4, 0.5) is 0 Å². The van der Waals surface area contributed by atoms with Crippen LogP contribution < -0.4 is 0 Å². The molecule has 0 saturated carbocycles. The fourth-order valence-electron chi connectivity index (χ4n) is 1.31. The van der Waals surface area contributed by atoms with E-state index in [1.54, 1.807) is 0 Å². The van der Waals surface area contributed by atoms with Crippen LogP contribution in [0.5, 0.6) is 0 Å². The number of allylic oxidation sites excluding steroid dienone is 6. The van der Waals surface area contributed by atoms with Crippen molar-refractivity contribution in [3.63, 3.8) is 0 Å². The van der Waals surface area contributed by atoms with Gasteiger partial charge >= 0.3 is 0 Å². The van der Waals surface area contributed by atoms with E-state index in [-0.39, 0.29) is 0 Å². The quantitative estimate of drug-likeness (QED) is 0.294. The highest BCUT2D eigenvalue weighted by Crippen LogP contribution is 2.15. The highest BCUT2D eigenvalue weighted by atomic mass is 14.1. The lowest BCUT2D eigenvalue weighted by Crippen LogP contribution is -1.97. The molecule has 0 unspecified atom stereocenters. The van der Waals surface area contributed by atoms with Gasteiger partial charge in [0.2, 0.25) is 0 Å². The van der Waals surface area contributed by atoms with Crippen molar-refractivity contribution in [2.75, 3.05) is 0 Å². The van der Waals surface area contributed by atoms with Crippen molar-refractivity contribution in [3.8, 4) is 0 Å². The van der Waals surface area contributed by atoms with E-state index in [0.717, 1.165) is 0 Å². The van der Waals surface area contributed by atoms with Crippen LogP contribution in [0.15, 0.2) is 36.5 Å². The summed E-state index contributed by atoms with van der Waals surface area (Å²) in [6, 6.07) is 0. The van der Waals surface area contributed by atoms with E-state index in [0.29, 0.717) is 5.41 Å². The van der Waals surface area contributed by atoms with Crippen molar-refractivity contribution in [3.05, 3.63) is 36.5 Å². The predicted molar refractivity (Wildman–Crippen MR) is 75.6 cm³/mol. The lowest BCUT2D eigenvalue weighted by Gasteiger charge is -2.10. The Morgan fingerprint density at radius 2 is 1.38 bits per heavy atom. The summed E-state index contributed by atoms with van der Waals surface area (Å²) in [6.07, 6.45) is 19.5. The van der Waals surface area contributed by atoms with Crippen molar-refractivity contribution in [2.24, 2.45) is 5.41 Å². The molecule has 0 aromatic carbocycles. The zero-order valence-corrected chi connectivity index (χ0v) is 11.5. The first-order valence-corrected chi connectivity index (χ1v) is 6.55. The summed E-state index contributed by atoms with van der Waals surface area (Å²) in [5.74, 6) is 0. The molecule has 0 aliphatic rings. The van der Waals surface area contributed by atoms with Gasteiger partial charge in [-0.3, -0.25) is 0 Å². The maximum atomic E-state index is 2.31. The van der Waals surface area contributed by atoms with Gasteiger partial charge in [-0.15, -0.1) is 0 Å². The van der Waals surface area contributed by atoms with Crippen LogP contribution in [0, 0.1) is 5.41 Å². The maximum Gasteiger partial charge on any atom is -0.0203 e. The second-order valence-corrected chi connectivity index (χ2v) is 5.34. The minimum atomic E-state index is 0.332. The summed E-state index contributed by atoms with van der Waals surface area (Å²) in [5, 5.41) is 0. The molecule has 0 heteroatoms. The molecule has 0 nitrogen and oxygen atoms in total. The van der Waals surface area contributed by atoms with Crippen LogP contribution in [0.25, 0.3) is 0 Å². The molecule has 0 atom stereocenters. The number of hydrogen-bond acceptors (Lipinski definition) is 0. The predicted octanol–water partition coefficient (Wildman–Crippen LogP) is 5.67. The Bertz CT molecular complexity index is 223. The van der Waals surface area contributed by atoms with Gasteiger partial charge in [-0.2, -0.15) is 0 Å². The highest BCUT2D eigenvalue weighted by molar-refractivity contribution is 5.02. The van der Waals surface area contributed by atoms with E-state index in [4.69, 9.17) is 0 Å². The van der Waals surface area contributed by atoms with E-state index in [2.05, 4.69) is 64.2 Å². The highest BCUT2D eigenvalue weighted by Gasteiger charge is 2.02. The van der Waals surface area contributed by atoms with E-state index in [1.165, 1.54) is 32.1 Å². The average Bonchev–Trinajstić information content (AvgIpc) is 2.19. The molecule has 0 aliphatic heterocycles. The second-order valence-electron chi connectivity index (χ2n) is 5.34. The monoisotopic (exact) mass is 220 g/mol. The molecular weight excluding hydrogens is 192 g/mol. The third-order valence-electron chi connectivity index (χ3n) is 2.20. The minimum Gasteiger partial charge on any atom is -0.0880 e. The second kappa shape index (κ2) is 9.45. The van der Waals surface area contributed by atoms with Crippen LogP contribution in [-0.2, 0) is 0 Å².